The molecule has 2 heterocycles. The molecule has 1 N–H and O–H groups in total. The van der Waals surface area contributed by atoms with Crippen molar-refractivity contribution in [3.63, 3.8) is 0 Å². The van der Waals surface area contributed by atoms with E-state index in [1.54, 1.807) is 4.90 Å². The van der Waals surface area contributed by atoms with Gasteiger partial charge in [0.25, 0.3) is 0 Å². The first-order valence-corrected chi connectivity index (χ1v) is 20.9. The molecule has 4 aliphatic rings. The van der Waals surface area contributed by atoms with E-state index in [0.717, 1.165) is 77.0 Å². The van der Waals surface area contributed by atoms with E-state index in [2.05, 4.69) is 22.2 Å². The van der Waals surface area contributed by atoms with Gasteiger partial charge in [-0.05, 0) is 80.0 Å². The van der Waals surface area contributed by atoms with Crippen LogP contribution in [0, 0.1) is 40.9 Å². The minimum Gasteiger partial charge on any atom is -0.344 e. The van der Waals surface area contributed by atoms with Crippen LogP contribution in [0.25, 0.3) is 0 Å². The van der Waals surface area contributed by atoms with Gasteiger partial charge in [-0.15, -0.1) is 0 Å². The Kier molecular flexibility index (Phi) is 17.6. The van der Waals surface area contributed by atoms with Gasteiger partial charge in [0.05, 0.1) is 12.2 Å². The maximum atomic E-state index is 14.7. The molecule has 3 aliphatic carbocycles. The number of ketones is 3. The Bertz CT molecular complexity index is 1310. The normalized spacial score (nSPS) is 23.2. The number of aromatic nitrogens is 2. The lowest BCUT2D eigenvalue weighted by molar-refractivity contribution is -0.145. The lowest BCUT2D eigenvalue weighted by atomic mass is 9.76. The van der Waals surface area contributed by atoms with Crippen molar-refractivity contribution in [2.75, 3.05) is 6.54 Å². The van der Waals surface area contributed by atoms with Gasteiger partial charge in [-0.3, -0.25) is 29.0 Å². The highest BCUT2D eigenvalue weighted by Crippen LogP contribution is 2.44. The summed E-state index contributed by atoms with van der Waals surface area (Å²) in [5, 5.41) is 3.15. The number of amides is 2. The van der Waals surface area contributed by atoms with Crippen molar-refractivity contribution in [2.45, 2.75) is 170 Å². The minimum atomic E-state index is -0.844. The van der Waals surface area contributed by atoms with Crippen LogP contribution in [0.3, 0.4) is 0 Å². The first-order chi connectivity index (χ1) is 25.0. The highest BCUT2D eigenvalue weighted by atomic mass is 16.2. The van der Waals surface area contributed by atoms with E-state index in [-0.39, 0.29) is 66.4 Å². The van der Waals surface area contributed by atoms with Crippen molar-refractivity contribution < 1.29 is 25.4 Å². The zero-order valence-corrected chi connectivity index (χ0v) is 33.8. The van der Waals surface area contributed by atoms with Gasteiger partial charge >= 0.3 is 0 Å². The van der Waals surface area contributed by atoms with E-state index in [1.165, 1.54) is 18.6 Å². The number of Topliss-reactive ketones (excluding diaryl/α,β-unsaturated/α-hetero) is 3. The van der Waals surface area contributed by atoms with Gasteiger partial charge < -0.3 is 10.2 Å². The van der Waals surface area contributed by atoms with Crippen LogP contribution in [-0.2, 0) is 19.2 Å². The number of hydrogen-bond acceptors (Lipinski definition) is 7. The van der Waals surface area contributed by atoms with Crippen LogP contribution in [-0.4, -0.2) is 62.7 Å². The summed E-state index contributed by atoms with van der Waals surface area (Å²) < 4.78 is 0. The number of carbonyl (C=O) groups is 5. The average molecular weight is 726 g/mol. The highest BCUT2D eigenvalue weighted by Gasteiger charge is 2.52. The minimum absolute atomic E-state index is 0. The molecule has 52 heavy (non-hydrogen) atoms. The van der Waals surface area contributed by atoms with E-state index in [9.17, 15) is 24.0 Å². The summed E-state index contributed by atoms with van der Waals surface area (Å²) in [7, 11) is 0. The quantitative estimate of drug-likeness (QED) is 0.169. The van der Waals surface area contributed by atoms with Crippen LogP contribution in [0.5, 0.6) is 0 Å². The number of likely N-dealkylation sites (tertiary alicyclic amines) is 1. The van der Waals surface area contributed by atoms with Crippen molar-refractivity contribution in [3.8, 4) is 0 Å². The number of fused-ring (bicyclic) bond motifs is 1. The first-order valence-electron chi connectivity index (χ1n) is 20.9. The Morgan fingerprint density at radius 1 is 0.885 bits per heavy atom. The highest BCUT2D eigenvalue weighted by molar-refractivity contribution is 5.98. The zero-order valence-electron chi connectivity index (χ0n) is 33.8. The van der Waals surface area contributed by atoms with Crippen LogP contribution < -0.4 is 5.32 Å². The van der Waals surface area contributed by atoms with Gasteiger partial charge in [-0.2, -0.15) is 0 Å². The molecule has 1 aromatic rings. The second kappa shape index (κ2) is 21.1. The molecule has 294 valence electrons. The lowest BCUT2D eigenvalue weighted by Gasteiger charge is -2.38. The molecule has 1 saturated heterocycles. The molecule has 6 atom stereocenters. The fourth-order valence-electron chi connectivity index (χ4n) is 8.91. The summed E-state index contributed by atoms with van der Waals surface area (Å²) in [6.07, 6.45) is 17.7. The number of carbonyl (C=O) groups excluding carboxylic acids is 5. The summed E-state index contributed by atoms with van der Waals surface area (Å²) in [6, 6.07) is -1.36. The van der Waals surface area contributed by atoms with Crippen molar-refractivity contribution in [1.82, 2.24) is 20.2 Å². The van der Waals surface area contributed by atoms with Gasteiger partial charge in [0.2, 0.25) is 11.8 Å². The number of hydrogen-bond donors (Lipinski definition) is 1. The number of nitrogens with zero attached hydrogens (tertiary/aromatic N) is 3. The van der Waals surface area contributed by atoms with Crippen molar-refractivity contribution in [2.24, 2.45) is 40.9 Å². The van der Waals surface area contributed by atoms with Crippen molar-refractivity contribution in [1.29, 1.82) is 0 Å². The van der Waals surface area contributed by atoms with Crippen LogP contribution in [0.15, 0.2) is 18.6 Å². The second-order valence-electron chi connectivity index (χ2n) is 16.5. The molecule has 3 saturated carbocycles. The molecule has 5 rings (SSSR count). The monoisotopic (exact) mass is 726 g/mol. The third-order valence-electron chi connectivity index (χ3n) is 11.6. The maximum Gasteiger partial charge on any atom is 0.246 e. The Morgan fingerprint density at radius 3 is 2.17 bits per heavy atom. The van der Waals surface area contributed by atoms with Crippen molar-refractivity contribution >= 4 is 29.2 Å². The summed E-state index contributed by atoms with van der Waals surface area (Å²) in [5.74, 6) is 0.0630. The summed E-state index contributed by atoms with van der Waals surface area (Å²) in [5.41, 5.74) is -0.375. The predicted molar refractivity (Wildman–Crippen MR) is 209 cm³/mol. The van der Waals surface area contributed by atoms with Gasteiger partial charge in [-0.1, -0.05) is 87.5 Å². The molecule has 1 aromatic heterocycles. The largest absolute Gasteiger partial charge is 0.344 e. The van der Waals surface area contributed by atoms with E-state index < -0.39 is 23.4 Å². The third kappa shape index (κ3) is 12.0. The number of nitrogens with one attached hydrogen (secondary N) is 1. The fourth-order valence-corrected chi connectivity index (χ4v) is 8.91. The van der Waals surface area contributed by atoms with E-state index >= 15 is 0 Å². The molecule has 1 unspecified atom stereocenters. The Morgan fingerprint density at radius 2 is 1.58 bits per heavy atom. The van der Waals surface area contributed by atoms with Crippen LogP contribution in [0.2, 0.25) is 0 Å². The smallest absolute Gasteiger partial charge is 0.246 e. The summed E-state index contributed by atoms with van der Waals surface area (Å²) in [6.45, 7) is 16.5. The van der Waals surface area contributed by atoms with E-state index in [1.807, 2.05) is 48.5 Å². The van der Waals surface area contributed by atoms with Crippen LogP contribution in [0.1, 0.15) is 170 Å². The standard InChI is InChI=1S/C39H58N4O5.2C2H6.H2/c1-5-10-26(20-29(44)19-25-15-16-25)21-34(46)35-30-14-9-13-28(30)24-43(35)38(48)36(39(2,3)4)42-37(47)31(27-11-7-6-8-12-27)22-33(45)32-23-40-17-18-41-32;2*1-2;/h17-18,23,25-28,30-31,35-36H,5-16,19-22,24H2,1-4H3,(H,42,47);2*1-2H3;1H/t26?,28-,30-,31-,35-,36+;;;/m0.../s1/i;;;1+1. The molecule has 0 bridgehead atoms. The van der Waals surface area contributed by atoms with Gasteiger partial charge in [0.1, 0.15) is 17.5 Å². The molecule has 9 heteroatoms. The second-order valence-corrected chi connectivity index (χ2v) is 16.5. The fraction of sp³-hybridized carbons (Fsp3) is 0.791. The molecule has 1 aliphatic heterocycles. The first kappa shape index (κ1) is 43.4. The maximum absolute atomic E-state index is 14.7. The Hall–Kier alpha value is -2.97. The Balaban J connectivity index is 0.00000188. The topological polar surface area (TPSA) is 126 Å². The van der Waals surface area contributed by atoms with E-state index in [4.69, 9.17) is 0 Å². The zero-order chi connectivity index (χ0) is 38.4. The van der Waals surface area contributed by atoms with Crippen LogP contribution in [0.4, 0.5) is 0 Å². The van der Waals surface area contributed by atoms with Gasteiger partial charge in [-0.25, -0.2) is 4.98 Å². The molecule has 9 nitrogen and oxygen atoms in total. The molecule has 4 fully saturated rings. The summed E-state index contributed by atoms with van der Waals surface area (Å²) in [4.78, 5) is 79.2. The van der Waals surface area contributed by atoms with Crippen molar-refractivity contribution in [3.05, 3.63) is 24.3 Å². The average Bonchev–Trinajstić information content (AvgIpc) is 3.70. The number of rotatable bonds is 16. The molecular weight excluding hydrogens is 652 g/mol. The van der Waals surface area contributed by atoms with Gasteiger partial charge in [0.15, 0.2) is 11.6 Å². The lowest BCUT2D eigenvalue weighted by Crippen LogP contribution is -2.58. The van der Waals surface area contributed by atoms with Gasteiger partial charge in [0, 0.05) is 52.0 Å². The molecular formula is C43H72N4O5. The molecule has 2 amide bonds. The third-order valence-corrected chi connectivity index (χ3v) is 11.6. The Labute approximate surface area is 316 Å². The molecule has 0 spiro atoms. The molecule has 0 aromatic carbocycles. The van der Waals surface area contributed by atoms with Crippen LogP contribution >= 0.6 is 0 Å². The molecule has 0 radical (unpaired) electrons. The SMILES string of the molecule is CC.CC.CCCC(CC(=O)CC1CC1)CC(=O)[C@@H]1[C@H]2CCC[C@H]2CN1C(=O)[C@@H](NC(=O)[C@@H](CC(=O)c1cnccn1)C1CCCCC1)C(C)(C)C.[2HH]. The van der Waals surface area contributed by atoms with E-state index in [0.29, 0.717) is 31.7 Å². The predicted octanol–water partition coefficient (Wildman–Crippen LogP) is 8.84. The summed E-state index contributed by atoms with van der Waals surface area (Å²) >= 11 is 0.